The number of rotatable bonds is 5. The van der Waals surface area contributed by atoms with Crippen LogP contribution in [0.2, 0.25) is 5.02 Å². The average molecular weight is 354 g/mol. The molecule has 0 aromatic heterocycles. The van der Waals surface area contributed by atoms with Crippen LogP contribution in [0.5, 0.6) is 11.5 Å². The molecule has 2 N–H and O–H groups in total. The van der Waals surface area contributed by atoms with Crippen molar-refractivity contribution in [3.63, 3.8) is 0 Å². The summed E-state index contributed by atoms with van der Waals surface area (Å²) in [6.07, 6.45) is 0. The Morgan fingerprint density at radius 3 is 2.44 bits per heavy atom. The highest BCUT2D eigenvalue weighted by Gasteiger charge is 2.09. The molecule has 3 aromatic rings. The molecule has 0 saturated heterocycles. The van der Waals surface area contributed by atoms with Gasteiger partial charge in [0, 0.05) is 10.6 Å². The lowest BCUT2D eigenvalue weighted by atomic mass is 10.2. The topological polar surface area (TPSA) is 58.6 Å². The molecule has 0 heterocycles. The van der Waals surface area contributed by atoms with E-state index in [-0.39, 0.29) is 17.3 Å². The molecule has 25 heavy (non-hydrogen) atoms. The fraction of sp³-hybridized carbons (Fsp3) is 0.0500. The van der Waals surface area contributed by atoms with Crippen LogP contribution in [0.1, 0.15) is 15.9 Å². The van der Waals surface area contributed by atoms with Crippen LogP contribution in [-0.4, -0.2) is 11.0 Å². The molecule has 4 nitrogen and oxygen atoms in total. The number of ether oxygens (including phenoxy) is 1. The van der Waals surface area contributed by atoms with Gasteiger partial charge in [-0.25, -0.2) is 0 Å². The molecule has 5 heteroatoms. The summed E-state index contributed by atoms with van der Waals surface area (Å²) in [6, 6.07) is 21.1. The van der Waals surface area contributed by atoms with Gasteiger partial charge in [0.15, 0.2) is 0 Å². The largest absolute Gasteiger partial charge is 0.506 e. The highest BCUT2D eigenvalue weighted by Crippen LogP contribution is 2.27. The van der Waals surface area contributed by atoms with Crippen molar-refractivity contribution in [2.75, 3.05) is 5.32 Å². The molecule has 3 aromatic carbocycles. The first kappa shape index (κ1) is 16.9. The van der Waals surface area contributed by atoms with E-state index in [2.05, 4.69) is 5.32 Å². The number of phenols is 1. The number of carbonyl (C=O) groups excluding carboxylic acids is 1. The van der Waals surface area contributed by atoms with E-state index >= 15 is 0 Å². The third-order valence-corrected chi connectivity index (χ3v) is 3.81. The van der Waals surface area contributed by atoms with E-state index in [1.165, 1.54) is 12.1 Å². The number of hydrogen-bond acceptors (Lipinski definition) is 3. The normalized spacial score (nSPS) is 10.3. The Hall–Kier alpha value is -2.98. The predicted octanol–water partition coefficient (Wildman–Crippen LogP) is 4.88. The van der Waals surface area contributed by atoms with E-state index in [4.69, 9.17) is 16.3 Å². The second-order valence-corrected chi connectivity index (χ2v) is 5.85. The Balaban J connectivity index is 1.63. The average Bonchev–Trinajstić information content (AvgIpc) is 2.64. The molecule has 0 aliphatic rings. The Labute approximate surface area is 150 Å². The van der Waals surface area contributed by atoms with Gasteiger partial charge in [0.25, 0.3) is 5.91 Å². The minimum absolute atomic E-state index is 0.0411. The zero-order chi connectivity index (χ0) is 17.6. The van der Waals surface area contributed by atoms with Crippen LogP contribution in [0.15, 0.2) is 72.8 Å². The predicted molar refractivity (Wildman–Crippen MR) is 98.3 cm³/mol. The summed E-state index contributed by atoms with van der Waals surface area (Å²) in [5.41, 5.74) is 1.79. The lowest BCUT2D eigenvalue weighted by Crippen LogP contribution is -2.11. The van der Waals surface area contributed by atoms with Crippen molar-refractivity contribution in [2.45, 2.75) is 6.61 Å². The van der Waals surface area contributed by atoms with Gasteiger partial charge >= 0.3 is 0 Å². The van der Waals surface area contributed by atoms with Gasteiger partial charge in [-0.05, 0) is 48.0 Å². The summed E-state index contributed by atoms with van der Waals surface area (Å²) in [4.78, 5) is 12.3. The molecular formula is C20H16ClNO3. The Morgan fingerprint density at radius 2 is 1.72 bits per heavy atom. The maximum absolute atomic E-state index is 12.3. The van der Waals surface area contributed by atoms with Crippen molar-refractivity contribution in [1.29, 1.82) is 0 Å². The van der Waals surface area contributed by atoms with E-state index in [1.807, 2.05) is 30.3 Å². The number of nitrogens with one attached hydrogen (secondary N) is 1. The van der Waals surface area contributed by atoms with Crippen LogP contribution >= 0.6 is 11.6 Å². The quantitative estimate of drug-likeness (QED) is 0.643. The highest BCUT2D eigenvalue weighted by atomic mass is 35.5. The first-order valence-electron chi connectivity index (χ1n) is 7.68. The lowest BCUT2D eigenvalue weighted by Gasteiger charge is -2.09. The molecule has 126 valence electrons. The van der Waals surface area contributed by atoms with Crippen LogP contribution in [0.25, 0.3) is 0 Å². The molecule has 0 fully saturated rings. The summed E-state index contributed by atoms with van der Waals surface area (Å²) in [5.74, 6) is 0.291. The first-order chi connectivity index (χ1) is 12.1. The second-order valence-electron chi connectivity index (χ2n) is 5.41. The van der Waals surface area contributed by atoms with Crippen LogP contribution in [-0.2, 0) is 6.61 Å². The van der Waals surface area contributed by atoms with E-state index in [1.54, 1.807) is 30.3 Å². The smallest absolute Gasteiger partial charge is 0.255 e. The number of hydrogen-bond donors (Lipinski definition) is 2. The molecule has 0 unspecified atom stereocenters. The van der Waals surface area contributed by atoms with Crippen molar-refractivity contribution in [3.05, 3.63) is 88.9 Å². The maximum Gasteiger partial charge on any atom is 0.255 e. The molecule has 0 bridgehead atoms. The number of halogens is 1. The van der Waals surface area contributed by atoms with Gasteiger partial charge in [0.1, 0.15) is 18.1 Å². The Bertz CT molecular complexity index is 864. The van der Waals surface area contributed by atoms with Crippen molar-refractivity contribution < 1.29 is 14.6 Å². The summed E-state index contributed by atoms with van der Waals surface area (Å²) in [7, 11) is 0. The zero-order valence-electron chi connectivity index (χ0n) is 13.3. The summed E-state index contributed by atoms with van der Waals surface area (Å²) in [6.45, 7) is 0.461. The van der Waals surface area contributed by atoms with Crippen LogP contribution in [0.3, 0.4) is 0 Å². The van der Waals surface area contributed by atoms with E-state index < -0.39 is 0 Å². The van der Waals surface area contributed by atoms with Gasteiger partial charge < -0.3 is 15.2 Å². The molecule has 0 radical (unpaired) electrons. The standard InChI is InChI=1S/C20H16ClNO3/c21-16-8-11-19(23)18(12-16)22-20(24)15-6-9-17(10-7-15)25-13-14-4-2-1-3-5-14/h1-12,23H,13H2,(H,22,24). The fourth-order valence-corrected chi connectivity index (χ4v) is 2.42. The lowest BCUT2D eigenvalue weighted by molar-refractivity contribution is 0.102. The van der Waals surface area contributed by atoms with Gasteiger partial charge in [-0.15, -0.1) is 0 Å². The van der Waals surface area contributed by atoms with Gasteiger partial charge in [0.2, 0.25) is 0 Å². The van der Waals surface area contributed by atoms with E-state index in [9.17, 15) is 9.90 Å². The number of carbonyl (C=O) groups is 1. The zero-order valence-corrected chi connectivity index (χ0v) is 14.0. The first-order valence-corrected chi connectivity index (χ1v) is 8.06. The van der Waals surface area contributed by atoms with Crippen LogP contribution < -0.4 is 10.1 Å². The monoisotopic (exact) mass is 353 g/mol. The van der Waals surface area contributed by atoms with Gasteiger partial charge in [-0.2, -0.15) is 0 Å². The van der Waals surface area contributed by atoms with E-state index in [0.29, 0.717) is 22.9 Å². The number of aromatic hydroxyl groups is 1. The minimum atomic E-state index is -0.341. The molecule has 0 spiro atoms. The molecule has 1 amide bonds. The molecule has 0 saturated carbocycles. The molecule has 3 rings (SSSR count). The fourth-order valence-electron chi connectivity index (χ4n) is 2.25. The summed E-state index contributed by atoms with van der Waals surface area (Å²) >= 11 is 5.87. The highest BCUT2D eigenvalue weighted by molar-refractivity contribution is 6.31. The second kappa shape index (κ2) is 7.73. The third kappa shape index (κ3) is 4.52. The number of anilines is 1. The number of benzene rings is 3. The summed E-state index contributed by atoms with van der Waals surface area (Å²) in [5, 5.41) is 12.8. The van der Waals surface area contributed by atoms with Gasteiger partial charge in [-0.3, -0.25) is 4.79 Å². The minimum Gasteiger partial charge on any atom is -0.506 e. The van der Waals surface area contributed by atoms with Crippen molar-refractivity contribution >= 4 is 23.2 Å². The van der Waals surface area contributed by atoms with Crippen LogP contribution in [0.4, 0.5) is 5.69 Å². The van der Waals surface area contributed by atoms with Crippen LogP contribution in [0, 0.1) is 0 Å². The molecule has 0 aliphatic carbocycles. The maximum atomic E-state index is 12.3. The molecule has 0 aliphatic heterocycles. The Morgan fingerprint density at radius 1 is 1.00 bits per heavy atom. The Kier molecular flexibility index (Phi) is 5.21. The SMILES string of the molecule is O=C(Nc1cc(Cl)ccc1O)c1ccc(OCc2ccccc2)cc1. The van der Waals surface area contributed by atoms with Crippen molar-refractivity contribution in [2.24, 2.45) is 0 Å². The molecule has 0 atom stereocenters. The number of amides is 1. The summed E-state index contributed by atoms with van der Waals surface area (Å²) < 4.78 is 5.69. The number of phenolic OH excluding ortho intramolecular Hbond substituents is 1. The van der Waals surface area contributed by atoms with Crippen molar-refractivity contribution in [3.8, 4) is 11.5 Å². The third-order valence-electron chi connectivity index (χ3n) is 3.57. The van der Waals surface area contributed by atoms with E-state index in [0.717, 1.165) is 5.56 Å². The van der Waals surface area contributed by atoms with Crippen molar-refractivity contribution in [1.82, 2.24) is 0 Å². The van der Waals surface area contributed by atoms with Gasteiger partial charge in [-0.1, -0.05) is 41.9 Å². The molecular weight excluding hydrogens is 338 g/mol. The van der Waals surface area contributed by atoms with Gasteiger partial charge in [0.05, 0.1) is 5.69 Å².